The molecule has 0 bridgehead atoms. The first-order valence-corrected chi connectivity index (χ1v) is 8.91. The molecule has 7 nitrogen and oxygen atoms in total. The van der Waals surface area contributed by atoms with E-state index in [1.807, 2.05) is 24.4 Å². The van der Waals surface area contributed by atoms with Gasteiger partial charge >= 0.3 is 0 Å². The first-order chi connectivity index (χ1) is 12.2. The van der Waals surface area contributed by atoms with Crippen LogP contribution < -0.4 is 10.2 Å². The molecule has 3 heterocycles. The first kappa shape index (κ1) is 16.1. The number of aromatic nitrogens is 3. The summed E-state index contributed by atoms with van der Waals surface area (Å²) in [5.74, 6) is 1.43. The van der Waals surface area contributed by atoms with E-state index in [9.17, 15) is 4.79 Å². The summed E-state index contributed by atoms with van der Waals surface area (Å²) in [5, 5.41) is 9.98. The minimum atomic E-state index is -0.147. The second-order valence-corrected chi connectivity index (χ2v) is 6.98. The highest BCUT2D eigenvalue weighted by atomic mass is 16.1. The number of rotatable bonds is 5. The maximum Gasteiger partial charge on any atom is 0.272 e. The van der Waals surface area contributed by atoms with Crippen LogP contribution >= 0.6 is 0 Å². The lowest BCUT2D eigenvalue weighted by atomic mass is 10.2. The average Bonchev–Trinajstić information content (AvgIpc) is 3.38. The molecule has 2 aromatic heterocycles. The number of hydrogen-bond acceptors (Lipinski definition) is 5. The van der Waals surface area contributed by atoms with Crippen LogP contribution in [0.2, 0.25) is 0 Å². The molecule has 1 amide bonds. The van der Waals surface area contributed by atoms with E-state index in [0.717, 1.165) is 43.3 Å². The zero-order chi connectivity index (χ0) is 17.2. The Kier molecular flexibility index (Phi) is 4.40. The Morgan fingerprint density at radius 2 is 2.08 bits per heavy atom. The largest absolute Gasteiger partial charge is 0.354 e. The lowest BCUT2D eigenvalue weighted by molar-refractivity contribution is 0.0946. The molecule has 7 heteroatoms. The van der Waals surface area contributed by atoms with Crippen molar-refractivity contribution in [3.8, 4) is 0 Å². The summed E-state index contributed by atoms with van der Waals surface area (Å²) in [5.41, 5.74) is 2.52. The van der Waals surface area contributed by atoms with Crippen molar-refractivity contribution in [3.63, 3.8) is 0 Å². The fourth-order valence-electron chi connectivity index (χ4n) is 3.07. The Bertz CT molecular complexity index is 728. The van der Waals surface area contributed by atoms with Gasteiger partial charge in [-0.25, -0.2) is 4.98 Å². The molecule has 1 saturated heterocycles. The number of amides is 1. The molecule has 2 aliphatic rings. The molecule has 0 aromatic carbocycles. The summed E-state index contributed by atoms with van der Waals surface area (Å²) >= 11 is 0. The number of pyridine rings is 1. The third-order valence-electron chi connectivity index (χ3n) is 4.94. The summed E-state index contributed by atoms with van der Waals surface area (Å²) in [7, 11) is 2.14. The second-order valence-electron chi connectivity index (χ2n) is 6.98. The van der Waals surface area contributed by atoms with Gasteiger partial charge in [0.15, 0.2) is 0 Å². The van der Waals surface area contributed by atoms with Crippen molar-refractivity contribution in [3.05, 3.63) is 41.3 Å². The SMILES string of the molecule is CN1CCN(c2ccc(CNC(=O)c3cc(C4CC4)[nH]n3)cn2)CC1. The van der Waals surface area contributed by atoms with Gasteiger partial charge in [0.2, 0.25) is 0 Å². The van der Waals surface area contributed by atoms with Crippen LogP contribution in [0.5, 0.6) is 0 Å². The maximum absolute atomic E-state index is 12.2. The van der Waals surface area contributed by atoms with Gasteiger partial charge in [-0.05, 0) is 37.6 Å². The van der Waals surface area contributed by atoms with Crippen LogP contribution in [-0.2, 0) is 6.54 Å². The van der Waals surface area contributed by atoms with Gasteiger partial charge in [0.05, 0.1) is 0 Å². The zero-order valence-corrected chi connectivity index (χ0v) is 14.5. The van der Waals surface area contributed by atoms with Crippen LogP contribution in [0.4, 0.5) is 5.82 Å². The monoisotopic (exact) mass is 340 g/mol. The van der Waals surface area contributed by atoms with E-state index >= 15 is 0 Å². The molecule has 4 rings (SSSR count). The summed E-state index contributed by atoms with van der Waals surface area (Å²) < 4.78 is 0. The number of hydrogen-bond donors (Lipinski definition) is 2. The van der Waals surface area contributed by atoms with E-state index in [2.05, 4.69) is 37.3 Å². The fraction of sp³-hybridized carbons (Fsp3) is 0.500. The Labute approximate surface area is 147 Å². The number of nitrogens with zero attached hydrogens (tertiary/aromatic N) is 4. The fourth-order valence-corrected chi connectivity index (χ4v) is 3.07. The topological polar surface area (TPSA) is 77.1 Å². The molecule has 0 unspecified atom stereocenters. The molecule has 0 radical (unpaired) electrons. The molecule has 132 valence electrons. The highest BCUT2D eigenvalue weighted by Gasteiger charge is 2.26. The van der Waals surface area contributed by atoms with Crippen molar-refractivity contribution in [1.29, 1.82) is 0 Å². The molecular weight excluding hydrogens is 316 g/mol. The number of nitrogens with one attached hydrogen (secondary N) is 2. The van der Waals surface area contributed by atoms with Gasteiger partial charge in [0.25, 0.3) is 5.91 Å². The van der Waals surface area contributed by atoms with Crippen LogP contribution in [-0.4, -0.2) is 59.2 Å². The van der Waals surface area contributed by atoms with E-state index in [1.54, 1.807) is 0 Å². The summed E-state index contributed by atoms with van der Waals surface area (Å²) in [6.45, 7) is 4.59. The lowest BCUT2D eigenvalue weighted by Gasteiger charge is -2.33. The molecule has 1 aliphatic heterocycles. The molecule has 2 fully saturated rings. The molecule has 25 heavy (non-hydrogen) atoms. The number of likely N-dealkylation sites (N-methyl/N-ethyl adjacent to an activating group) is 1. The van der Waals surface area contributed by atoms with E-state index < -0.39 is 0 Å². The summed E-state index contributed by atoms with van der Waals surface area (Å²) in [6.07, 6.45) is 4.22. The molecule has 0 atom stereocenters. The third-order valence-corrected chi connectivity index (χ3v) is 4.94. The predicted molar refractivity (Wildman–Crippen MR) is 95.7 cm³/mol. The number of aromatic amines is 1. The molecule has 1 saturated carbocycles. The van der Waals surface area contributed by atoms with Crippen LogP contribution in [0.1, 0.15) is 40.5 Å². The normalized spacial score (nSPS) is 18.4. The van der Waals surface area contributed by atoms with Crippen LogP contribution in [0.25, 0.3) is 0 Å². The minimum absolute atomic E-state index is 0.147. The van der Waals surface area contributed by atoms with Crippen molar-refractivity contribution in [2.24, 2.45) is 0 Å². The average molecular weight is 340 g/mol. The maximum atomic E-state index is 12.2. The van der Waals surface area contributed by atoms with Gasteiger partial charge in [-0.1, -0.05) is 6.07 Å². The number of anilines is 1. The van der Waals surface area contributed by atoms with Gasteiger partial charge in [-0.3, -0.25) is 9.89 Å². The lowest BCUT2D eigenvalue weighted by Crippen LogP contribution is -2.44. The Morgan fingerprint density at radius 3 is 2.76 bits per heavy atom. The number of piperazine rings is 1. The van der Waals surface area contributed by atoms with Gasteiger partial charge in [0.1, 0.15) is 11.5 Å². The van der Waals surface area contributed by atoms with Gasteiger partial charge in [-0.2, -0.15) is 5.10 Å². The first-order valence-electron chi connectivity index (χ1n) is 8.91. The molecule has 2 N–H and O–H groups in total. The molecule has 0 spiro atoms. The van der Waals surface area contributed by atoms with Crippen LogP contribution in [0, 0.1) is 0 Å². The Hall–Kier alpha value is -2.41. The third kappa shape index (κ3) is 3.82. The summed E-state index contributed by atoms with van der Waals surface area (Å²) in [6, 6.07) is 5.93. The minimum Gasteiger partial charge on any atom is -0.354 e. The molecule has 1 aliphatic carbocycles. The van der Waals surface area contributed by atoms with E-state index in [0.29, 0.717) is 18.2 Å². The highest BCUT2D eigenvalue weighted by Crippen LogP contribution is 2.38. The van der Waals surface area contributed by atoms with Crippen LogP contribution in [0.3, 0.4) is 0 Å². The van der Waals surface area contributed by atoms with E-state index in [4.69, 9.17) is 0 Å². The quantitative estimate of drug-likeness (QED) is 0.859. The zero-order valence-electron chi connectivity index (χ0n) is 14.5. The number of carbonyl (C=O) groups is 1. The summed E-state index contributed by atoms with van der Waals surface area (Å²) in [4.78, 5) is 21.4. The molecular formula is C18H24N6O. The van der Waals surface area contributed by atoms with Crippen molar-refractivity contribution >= 4 is 11.7 Å². The van der Waals surface area contributed by atoms with Crippen molar-refractivity contribution in [2.45, 2.75) is 25.3 Å². The second kappa shape index (κ2) is 6.84. The van der Waals surface area contributed by atoms with E-state index in [1.165, 1.54) is 12.8 Å². The molecule has 2 aromatic rings. The number of H-pyrrole nitrogens is 1. The van der Waals surface area contributed by atoms with Crippen molar-refractivity contribution in [1.82, 2.24) is 25.4 Å². The van der Waals surface area contributed by atoms with Gasteiger partial charge < -0.3 is 15.1 Å². The predicted octanol–water partition coefficient (Wildman–Crippen LogP) is 1.36. The standard InChI is InChI=1S/C18H24N6O/c1-23-6-8-24(9-7-23)17-5-2-13(11-19-17)12-20-18(25)16-10-15(21-22-16)14-3-4-14/h2,5,10-11,14H,3-4,6-9,12H2,1H3,(H,20,25)(H,21,22). The number of carbonyl (C=O) groups excluding carboxylic acids is 1. The smallest absolute Gasteiger partial charge is 0.272 e. The van der Waals surface area contributed by atoms with Gasteiger partial charge in [-0.15, -0.1) is 0 Å². The van der Waals surface area contributed by atoms with Crippen molar-refractivity contribution in [2.75, 3.05) is 38.1 Å². The van der Waals surface area contributed by atoms with Crippen LogP contribution in [0.15, 0.2) is 24.4 Å². The van der Waals surface area contributed by atoms with E-state index in [-0.39, 0.29) is 5.91 Å². The Morgan fingerprint density at radius 1 is 1.28 bits per heavy atom. The van der Waals surface area contributed by atoms with Gasteiger partial charge in [0, 0.05) is 50.5 Å². The highest BCUT2D eigenvalue weighted by molar-refractivity contribution is 5.92. The van der Waals surface area contributed by atoms with Crippen molar-refractivity contribution < 1.29 is 4.79 Å². The Balaban J connectivity index is 1.30.